The van der Waals surface area contributed by atoms with Crippen molar-refractivity contribution in [1.82, 2.24) is 9.88 Å². The number of nitrogens with one attached hydrogen (secondary N) is 1. The van der Waals surface area contributed by atoms with Gasteiger partial charge in [0.05, 0.1) is 0 Å². The Morgan fingerprint density at radius 3 is 2.79 bits per heavy atom. The van der Waals surface area contributed by atoms with Crippen molar-refractivity contribution in [2.24, 2.45) is 7.05 Å². The number of hydrogen-bond donors (Lipinski definition) is 1. The van der Waals surface area contributed by atoms with E-state index in [2.05, 4.69) is 5.32 Å². The first kappa shape index (κ1) is 12.6. The van der Waals surface area contributed by atoms with E-state index < -0.39 is 0 Å². The van der Waals surface area contributed by atoms with Gasteiger partial charge in [0.2, 0.25) is 0 Å². The molecular weight excluding hydrogens is 256 g/mol. The van der Waals surface area contributed by atoms with Crippen LogP contribution in [0, 0.1) is 0 Å². The molecule has 1 saturated heterocycles. The van der Waals surface area contributed by atoms with Gasteiger partial charge < -0.3 is 9.88 Å². The Hall–Kier alpha value is -1.42. The van der Waals surface area contributed by atoms with E-state index in [0.29, 0.717) is 6.04 Å². The molecule has 0 unspecified atom stereocenters. The molecule has 1 fully saturated rings. The molecule has 2 heterocycles. The molecule has 0 saturated carbocycles. The van der Waals surface area contributed by atoms with E-state index in [9.17, 15) is 4.79 Å². The van der Waals surface area contributed by atoms with Crippen molar-refractivity contribution in [3.63, 3.8) is 0 Å². The predicted octanol–water partition coefficient (Wildman–Crippen LogP) is 2.80. The molecule has 0 radical (unpaired) electrons. The fourth-order valence-corrected chi connectivity index (χ4v) is 3.71. The normalized spacial score (nSPS) is 16.7. The molecule has 3 nitrogen and oxygen atoms in total. The van der Waals surface area contributed by atoms with Gasteiger partial charge >= 0.3 is 0 Å². The summed E-state index contributed by atoms with van der Waals surface area (Å²) in [5.41, 5.74) is 1.85. The molecule has 1 N–H and O–H groups in total. The van der Waals surface area contributed by atoms with E-state index >= 15 is 0 Å². The summed E-state index contributed by atoms with van der Waals surface area (Å²) in [5.74, 6) is 2.36. The van der Waals surface area contributed by atoms with Crippen molar-refractivity contribution in [3.05, 3.63) is 36.0 Å². The number of nitrogens with zero attached hydrogens (tertiary/aromatic N) is 1. The van der Waals surface area contributed by atoms with Crippen LogP contribution in [0.3, 0.4) is 0 Å². The van der Waals surface area contributed by atoms with Crippen LogP contribution in [0.25, 0.3) is 10.9 Å². The predicted molar refractivity (Wildman–Crippen MR) is 80.7 cm³/mol. The summed E-state index contributed by atoms with van der Waals surface area (Å²) in [7, 11) is 1.95. The number of aromatic nitrogens is 1. The first-order valence-electron chi connectivity index (χ1n) is 6.69. The lowest BCUT2D eigenvalue weighted by Crippen LogP contribution is -2.38. The fraction of sp³-hybridized carbons (Fsp3) is 0.400. The molecule has 4 heteroatoms. The van der Waals surface area contributed by atoms with Crippen LogP contribution in [-0.2, 0) is 7.05 Å². The second-order valence-corrected chi connectivity index (χ2v) is 6.23. The van der Waals surface area contributed by atoms with Gasteiger partial charge in [-0.2, -0.15) is 11.8 Å². The van der Waals surface area contributed by atoms with E-state index in [1.165, 1.54) is 0 Å². The van der Waals surface area contributed by atoms with Gasteiger partial charge in [-0.3, -0.25) is 4.79 Å². The number of amides is 1. The maximum atomic E-state index is 12.4. The van der Waals surface area contributed by atoms with Gasteiger partial charge in [0, 0.05) is 24.0 Å². The van der Waals surface area contributed by atoms with Crippen LogP contribution in [0.15, 0.2) is 30.3 Å². The minimum absolute atomic E-state index is 0.0515. The number of rotatable bonds is 2. The van der Waals surface area contributed by atoms with Gasteiger partial charge in [0.1, 0.15) is 5.69 Å². The van der Waals surface area contributed by atoms with E-state index in [1.54, 1.807) is 0 Å². The number of aryl methyl sites for hydroxylation is 1. The van der Waals surface area contributed by atoms with Crippen molar-refractivity contribution < 1.29 is 4.79 Å². The number of hydrogen-bond acceptors (Lipinski definition) is 2. The highest BCUT2D eigenvalue weighted by atomic mass is 32.2. The molecule has 19 heavy (non-hydrogen) atoms. The van der Waals surface area contributed by atoms with E-state index in [0.717, 1.165) is 40.9 Å². The minimum atomic E-state index is 0.0515. The highest BCUT2D eigenvalue weighted by molar-refractivity contribution is 7.99. The average Bonchev–Trinajstić information content (AvgIpc) is 2.78. The molecule has 1 amide bonds. The Morgan fingerprint density at radius 2 is 2.05 bits per heavy atom. The van der Waals surface area contributed by atoms with Crippen LogP contribution in [0.4, 0.5) is 0 Å². The second-order valence-electron chi connectivity index (χ2n) is 5.01. The SMILES string of the molecule is Cn1c(C(=O)NC2CCSCC2)cc2ccccc21. The summed E-state index contributed by atoms with van der Waals surface area (Å²) in [6.45, 7) is 0. The van der Waals surface area contributed by atoms with Crippen LogP contribution < -0.4 is 5.32 Å². The third kappa shape index (κ3) is 2.50. The smallest absolute Gasteiger partial charge is 0.268 e. The Kier molecular flexibility index (Phi) is 3.51. The minimum Gasteiger partial charge on any atom is -0.348 e. The van der Waals surface area contributed by atoms with E-state index in [1.807, 2.05) is 53.7 Å². The molecule has 1 aromatic heterocycles. The second kappa shape index (κ2) is 5.29. The number of para-hydroxylation sites is 1. The molecule has 2 aromatic rings. The first-order chi connectivity index (χ1) is 9.25. The maximum absolute atomic E-state index is 12.4. The Morgan fingerprint density at radius 1 is 1.32 bits per heavy atom. The Balaban J connectivity index is 1.83. The Bertz CT molecular complexity index is 599. The molecule has 100 valence electrons. The van der Waals surface area contributed by atoms with Gasteiger partial charge in [-0.05, 0) is 36.5 Å². The molecule has 0 spiro atoms. The highest BCUT2D eigenvalue weighted by Crippen LogP contribution is 2.20. The average molecular weight is 274 g/mol. The quantitative estimate of drug-likeness (QED) is 0.913. The largest absolute Gasteiger partial charge is 0.348 e. The number of carbonyl (C=O) groups excluding carboxylic acids is 1. The van der Waals surface area contributed by atoms with Crippen LogP contribution in [0.1, 0.15) is 23.3 Å². The zero-order chi connectivity index (χ0) is 13.2. The zero-order valence-corrected chi connectivity index (χ0v) is 11.9. The lowest BCUT2D eigenvalue weighted by Gasteiger charge is -2.22. The highest BCUT2D eigenvalue weighted by Gasteiger charge is 2.19. The van der Waals surface area contributed by atoms with Gasteiger partial charge in [0.15, 0.2) is 0 Å². The fourth-order valence-electron chi connectivity index (χ4n) is 2.61. The summed E-state index contributed by atoms with van der Waals surface area (Å²) in [5, 5.41) is 4.28. The van der Waals surface area contributed by atoms with Crippen molar-refractivity contribution in [2.75, 3.05) is 11.5 Å². The topological polar surface area (TPSA) is 34.0 Å². The molecule has 0 atom stereocenters. The summed E-state index contributed by atoms with van der Waals surface area (Å²) < 4.78 is 1.97. The van der Waals surface area contributed by atoms with Gasteiger partial charge in [0.25, 0.3) is 5.91 Å². The van der Waals surface area contributed by atoms with Gasteiger partial charge in [-0.15, -0.1) is 0 Å². The number of carbonyl (C=O) groups is 1. The number of fused-ring (bicyclic) bond motifs is 1. The molecule has 1 aromatic carbocycles. The van der Waals surface area contributed by atoms with Crippen molar-refractivity contribution in [3.8, 4) is 0 Å². The summed E-state index contributed by atoms with van der Waals surface area (Å²) in [6, 6.07) is 10.4. The maximum Gasteiger partial charge on any atom is 0.268 e. The van der Waals surface area contributed by atoms with Crippen molar-refractivity contribution >= 4 is 28.6 Å². The molecule has 0 aliphatic carbocycles. The van der Waals surface area contributed by atoms with Crippen molar-refractivity contribution in [2.45, 2.75) is 18.9 Å². The third-order valence-electron chi connectivity index (χ3n) is 3.74. The summed E-state index contributed by atoms with van der Waals surface area (Å²) in [6.07, 6.45) is 2.17. The summed E-state index contributed by atoms with van der Waals surface area (Å²) in [4.78, 5) is 12.4. The van der Waals surface area contributed by atoms with Gasteiger partial charge in [-0.25, -0.2) is 0 Å². The lowest BCUT2D eigenvalue weighted by molar-refractivity contribution is 0.0927. The van der Waals surface area contributed by atoms with Crippen LogP contribution in [-0.4, -0.2) is 28.0 Å². The summed E-state index contributed by atoms with van der Waals surface area (Å²) >= 11 is 1.97. The zero-order valence-electron chi connectivity index (χ0n) is 11.1. The molecule has 1 aliphatic heterocycles. The third-order valence-corrected chi connectivity index (χ3v) is 4.79. The standard InChI is InChI=1S/C15H18N2OS/c1-17-13-5-3-2-4-11(13)10-14(17)15(18)16-12-6-8-19-9-7-12/h2-5,10,12H,6-9H2,1H3,(H,16,18). The Labute approximate surface area is 117 Å². The lowest BCUT2D eigenvalue weighted by atomic mass is 10.1. The number of thioether (sulfide) groups is 1. The van der Waals surface area contributed by atoms with E-state index in [-0.39, 0.29) is 5.91 Å². The number of benzene rings is 1. The molecule has 0 bridgehead atoms. The van der Waals surface area contributed by atoms with Crippen molar-refractivity contribution in [1.29, 1.82) is 0 Å². The molecular formula is C15H18N2OS. The monoisotopic (exact) mass is 274 g/mol. The van der Waals surface area contributed by atoms with Crippen LogP contribution in [0.2, 0.25) is 0 Å². The first-order valence-corrected chi connectivity index (χ1v) is 7.84. The van der Waals surface area contributed by atoms with Gasteiger partial charge in [-0.1, -0.05) is 18.2 Å². The van der Waals surface area contributed by atoms with Crippen LogP contribution in [0.5, 0.6) is 0 Å². The molecule has 3 rings (SSSR count). The van der Waals surface area contributed by atoms with Crippen LogP contribution >= 0.6 is 11.8 Å². The van der Waals surface area contributed by atoms with E-state index in [4.69, 9.17) is 0 Å². The molecule has 1 aliphatic rings.